The van der Waals surface area contributed by atoms with Crippen LogP contribution in [0, 0.1) is 13.1 Å². The Morgan fingerprint density at radius 1 is 1.60 bits per heavy atom. The quantitative estimate of drug-likeness (QED) is 0.394. The minimum atomic E-state index is 0. The molecule has 0 radical (unpaired) electrons. The van der Waals surface area contributed by atoms with Gasteiger partial charge < -0.3 is 17.4 Å². The van der Waals surface area contributed by atoms with Crippen molar-refractivity contribution in [2.45, 2.75) is 6.92 Å². The van der Waals surface area contributed by atoms with E-state index in [4.69, 9.17) is 0 Å². The molecule has 0 fully saturated rings. The molecule has 1 aromatic heterocycles. The van der Waals surface area contributed by atoms with Gasteiger partial charge in [0.15, 0.2) is 0 Å². The average Bonchev–Trinajstić information content (AvgIpc) is 1.64. The van der Waals surface area contributed by atoms with Crippen LogP contribution in [0.15, 0.2) is 16.7 Å². The molecule has 1 nitrogen and oxygen atoms in total. The van der Waals surface area contributed by atoms with E-state index in [2.05, 4.69) is 27.1 Å². The molecular weight excluding hydrogens is 226 g/mol. The second kappa shape index (κ2) is 6.40. The van der Waals surface area contributed by atoms with Crippen molar-refractivity contribution >= 4 is 39.0 Å². The van der Waals surface area contributed by atoms with Crippen molar-refractivity contribution in [2.75, 3.05) is 0 Å². The first kappa shape index (κ1) is 13.3. The fourth-order valence-electron chi connectivity index (χ4n) is 0.472. The van der Waals surface area contributed by atoms with Crippen LogP contribution in [-0.4, -0.2) is 28.0 Å². The maximum atomic E-state index is 3.81. The molecule has 1 heterocycles. The summed E-state index contributed by atoms with van der Waals surface area (Å²) in [5.74, 6) is 0. The number of pyridine rings is 1. The van der Waals surface area contributed by atoms with E-state index < -0.39 is 0 Å². The number of rotatable bonds is 0. The number of halogens is 2. The van der Waals surface area contributed by atoms with Gasteiger partial charge in [0, 0.05) is 0 Å². The van der Waals surface area contributed by atoms with Gasteiger partial charge in [-0.1, -0.05) is 39.7 Å². The van der Waals surface area contributed by atoms with Crippen LogP contribution in [-0.2, 0) is 0 Å². The van der Waals surface area contributed by atoms with E-state index in [1.165, 1.54) is 0 Å². The van der Waals surface area contributed by atoms with Crippen LogP contribution in [0.1, 0.15) is 5.56 Å². The van der Waals surface area contributed by atoms with Gasteiger partial charge >= 0.3 is 23.1 Å². The first-order valence-electron chi connectivity index (χ1n) is 2.29. The van der Waals surface area contributed by atoms with Crippen molar-refractivity contribution < 1.29 is 12.4 Å². The van der Waals surface area contributed by atoms with Gasteiger partial charge in [-0.05, 0) is 0 Å². The summed E-state index contributed by atoms with van der Waals surface area (Å²) in [6.45, 7) is 1.96. The molecule has 0 bridgehead atoms. The van der Waals surface area contributed by atoms with Gasteiger partial charge in [0.25, 0.3) is 0 Å². The van der Waals surface area contributed by atoms with E-state index in [9.17, 15) is 0 Å². The Labute approximate surface area is 91.3 Å². The van der Waals surface area contributed by atoms with E-state index in [-0.39, 0.29) is 35.5 Å². The van der Waals surface area contributed by atoms with Crippen molar-refractivity contribution in [1.82, 2.24) is 4.98 Å². The van der Waals surface area contributed by atoms with E-state index in [1.54, 1.807) is 6.20 Å². The molecule has 0 spiro atoms. The first-order chi connectivity index (χ1) is 3.79. The summed E-state index contributed by atoms with van der Waals surface area (Å²) in [7, 11) is 0. The predicted molar refractivity (Wildman–Crippen MR) is 41.3 cm³/mol. The standard InChI is InChI=1S/C6H5BrN.ClH.Mg/c1-5-2-6(7)4-8-3-5;;/h2,4H,1H3;1H;/q-1;;+2/p-1. The van der Waals surface area contributed by atoms with Gasteiger partial charge in [0.2, 0.25) is 0 Å². The van der Waals surface area contributed by atoms with Crippen molar-refractivity contribution in [2.24, 2.45) is 0 Å². The summed E-state index contributed by atoms with van der Waals surface area (Å²) in [6.07, 6.45) is 4.51. The van der Waals surface area contributed by atoms with Crippen LogP contribution in [0.3, 0.4) is 0 Å². The topological polar surface area (TPSA) is 12.9 Å². The first-order valence-corrected chi connectivity index (χ1v) is 3.08. The molecule has 1 rings (SSSR count). The summed E-state index contributed by atoms with van der Waals surface area (Å²) >= 11 is 3.28. The minimum absolute atomic E-state index is 0. The Hall–Kier alpha value is 0.686. The minimum Gasteiger partial charge on any atom is -1.00 e. The largest absolute Gasteiger partial charge is 2.00 e. The van der Waals surface area contributed by atoms with Crippen LogP contribution in [0.4, 0.5) is 0 Å². The number of aromatic nitrogens is 1. The molecule has 0 amide bonds. The average molecular weight is 231 g/mol. The molecule has 0 aliphatic heterocycles. The third-order valence-corrected chi connectivity index (χ3v) is 1.22. The predicted octanol–water partition coefficient (Wildman–Crippen LogP) is -1.42. The SMILES string of the molecule is Cc1[c-]ncc(Br)c1.[Cl-].[Mg+2]. The molecule has 10 heavy (non-hydrogen) atoms. The van der Waals surface area contributed by atoms with Crippen molar-refractivity contribution in [3.05, 3.63) is 28.5 Å². The molecule has 0 aliphatic rings. The summed E-state index contributed by atoms with van der Waals surface area (Å²) in [5, 5.41) is 0. The Morgan fingerprint density at radius 3 is 2.50 bits per heavy atom. The Balaban J connectivity index is 0. The van der Waals surface area contributed by atoms with Crippen molar-refractivity contribution in [3.8, 4) is 0 Å². The smallest absolute Gasteiger partial charge is 1.00 e. The normalized spacial score (nSPS) is 7.40. The van der Waals surface area contributed by atoms with Crippen LogP contribution in [0.2, 0.25) is 0 Å². The van der Waals surface area contributed by atoms with Gasteiger partial charge in [-0.15, -0.1) is 5.56 Å². The van der Waals surface area contributed by atoms with E-state index >= 15 is 0 Å². The molecular formula is C6H5BrClMgN. The molecule has 0 atom stereocenters. The third-order valence-electron chi connectivity index (χ3n) is 0.783. The number of nitrogens with zero attached hydrogens (tertiary/aromatic N) is 1. The van der Waals surface area contributed by atoms with Gasteiger partial charge in [-0.3, -0.25) is 0 Å². The van der Waals surface area contributed by atoms with E-state index in [0.29, 0.717) is 0 Å². The molecule has 0 N–H and O–H groups in total. The number of hydrogen-bond donors (Lipinski definition) is 0. The molecule has 0 aliphatic carbocycles. The Morgan fingerprint density at radius 2 is 2.20 bits per heavy atom. The fourth-order valence-corrected chi connectivity index (χ4v) is 0.918. The van der Waals surface area contributed by atoms with Gasteiger partial charge in [0.1, 0.15) is 0 Å². The molecule has 1 aromatic rings. The second-order valence-corrected chi connectivity index (χ2v) is 2.50. The maximum absolute atomic E-state index is 3.81. The summed E-state index contributed by atoms with van der Waals surface area (Å²) in [6, 6.07) is 1.97. The Kier molecular flexibility index (Phi) is 8.50. The van der Waals surface area contributed by atoms with E-state index in [1.807, 2.05) is 13.0 Å². The molecule has 0 aromatic carbocycles. The Bertz CT molecular complexity index is 178. The van der Waals surface area contributed by atoms with Crippen LogP contribution in [0.25, 0.3) is 0 Å². The summed E-state index contributed by atoms with van der Waals surface area (Å²) < 4.78 is 1.01. The van der Waals surface area contributed by atoms with Gasteiger partial charge in [-0.25, -0.2) is 0 Å². The van der Waals surface area contributed by atoms with Crippen LogP contribution in [0.5, 0.6) is 0 Å². The summed E-state index contributed by atoms with van der Waals surface area (Å²) in [4.78, 5) is 3.81. The molecule has 0 unspecified atom stereocenters. The zero-order valence-electron chi connectivity index (χ0n) is 5.56. The number of aryl methyl sites for hydroxylation is 1. The van der Waals surface area contributed by atoms with Gasteiger partial charge in [0.05, 0.1) is 0 Å². The monoisotopic (exact) mass is 229 g/mol. The van der Waals surface area contributed by atoms with Crippen LogP contribution < -0.4 is 12.4 Å². The number of hydrogen-bond acceptors (Lipinski definition) is 1. The van der Waals surface area contributed by atoms with Crippen molar-refractivity contribution in [1.29, 1.82) is 0 Å². The maximum Gasteiger partial charge on any atom is 2.00 e. The second-order valence-electron chi connectivity index (χ2n) is 1.58. The third kappa shape index (κ3) is 4.49. The molecule has 50 valence electrons. The van der Waals surface area contributed by atoms with Gasteiger partial charge in [-0.2, -0.15) is 6.07 Å². The zero-order valence-corrected chi connectivity index (χ0v) is 9.32. The zero-order chi connectivity index (χ0) is 5.98. The molecule has 4 heteroatoms. The summed E-state index contributed by atoms with van der Waals surface area (Å²) in [5.41, 5.74) is 1.05. The molecule has 0 saturated heterocycles. The van der Waals surface area contributed by atoms with Crippen LogP contribution >= 0.6 is 15.9 Å². The van der Waals surface area contributed by atoms with E-state index in [0.717, 1.165) is 10.0 Å². The molecule has 0 saturated carbocycles. The van der Waals surface area contributed by atoms with Crippen molar-refractivity contribution in [3.63, 3.8) is 0 Å². The fraction of sp³-hybridized carbons (Fsp3) is 0.167.